The molecule has 4 aromatic rings. The molecule has 3 nitrogen and oxygen atoms in total. The minimum absolute atomic E-state index is 0.0295. The summed E-state index contributed by atoms with van der Waals surface area (Å²) in [6.07, 6.45) is 0.420. The molecule has 0 aliphatic carbocycles. The Balaban J connectivity index is 1.65. The smallest absolute Gasteiger partial charge is 0.234 e. The third-order valence-corrected chi connectivity index (χ3v) is 6.50. The number of rotatable bonds is 3. The SMILES string of the molecule is O=C1CC(c2ccc(Cl)cc2)Sc2nc(-c3ccccc3)c(-c3ccccc3)n21. The second kappa shape index (κ2) is 7.54. The molecule has 0 bridgehead atoms. The van der Waals surface area contributed by atoms with Gasteiger partial charge in [0.05, 0.1) is 11.4 Å². The number of imidazole rings is 1. The Morgan fingerprint density at radius 1 is 0.862 bits per heavy atom. The third kappa shape index (κ3) is 3.39. The van der Waals surface area contributed by atoms with Crippen LogP contribution in [-0.2, 0) is 0 Å². The van der Waals surface area contributed by atoms with Crippen molar-refractivity contribution in [2.75, 3.05) is 0 Å². The molecule has 0 N–H and O–H groups in total. The summed E-state index contributed by atoms with van der Waals surface area (Å²) in [6.45, 7) is 0. The number of halogens is 1. The first-order valence-corrected chi connectivity index (χ1v) is 10.7. The van der Waals surface area contributed by atoms with E-state index >= 15 is 0 Å². The lowest BCUT2D eigenvalue weighted by molar-refractivity contribution is 0.0888. The van der Waals surface area contributed by atoms with E-state index in [0.717, 1.165) is 33.2 Å². The number of thioether (sulfide) groups is 1. The molecule has 0 spiro atoms. The van der Waals surface area contributed by atoms with Gasteiger partial charge in [0, 0.05) is 27.8 Å². The van der Waals surface area contributed by atoms with Crippen molar-refractivity contribution in [1.29, 1.82) is 0 Å². The molecule has 29 heavy (non-hydrogen) atoms. The number of carbonyl (C=O) groups excluding carboxylic acids is 1. The van der Waals surface area contributed by atoms with Gasteiger partial charge in [0.1, 0.15) is 0 Å². The van der Waals surface area contributed by atoms with E-state index in [1.165, 1.54) is 0 Å². The Kier molecular flexibility index (Phi) is 4.74. The lowest BCUT2D eigenvalue weighted by atomic mass is 10.0. The van der Waals surface area contributed by atoms with E-state index < -0.39 is 0 Å². The topological polar surface area (TPSA) is 34.9 Å². The summed E-state index contributed by atoms with van der Waals surface area (Å²) in [5.41, 5.74) is 4.78. The average Bonchev–Trinajstić information content (AvgIpc) is 3.16. The molecule has 0 fully saturated rings. The number of benzene rings is 3. The molecule has 3 aromatic carbocycles. The normalized spacial score (nSPS) is 15.9. The van der Waals surface area contributed by atoms with Gasteiger partial charge in [-0.05, 0) is 17.7 Å². The van der Waals surface area contributed by atoms with Gasteiger partial charge >= 0.3 is 0 Å². The van der Waals surface area contributed by atoms with Crippen molar-refractivity contribution in [3.05, 3.63) is 95.5 Å². The maximum Gasteiger partial charge on any atom is 0.234 e. The molecule has 0 amide bonds. The molecule has 1 unspecified atom stereocenters. The largest absolute Gasteiger partial charge is 0.274 e. The van der Waals surface area contributed by atoms with Gasteiger partial charge in [-0.2, -0.15) is 0 Å². The Morgan fingerprint density at radius 2 is 1.48 bits per heavy atom. The molecule has 5 rings (SSSR count). The predicted octanol–water partition coefficient (Wildman–Crippen LogP) is 6.75. The van der Waals surface area contributed by atoms with Crippen molar-refractivity contribution < 1.29 is 4.79 Å². The van der Waals surface area contributed by atoms with Gasteiger partial charge in [0.15, 0.2) is 5.16 Å². The second-order valence-corrected chi connectivity index (χ2v) is 8.52. The lowest BCUT2D eigenvalue weighted by Gasteiger charge is -2.23. The molecule has 1 aromatic heterocycles. The van der Waals surface area contributed by atoms with Gasteiger partial charge in [0.25, 0.3) is 0 Å². The summed E-state index contributed by atoms with van der Waals surface area (Å²) >= 11 is 7.66. The fraction of sp³-hybridized carbons (Fsp3) is 0.0833. The monoisotopic (exact) mass is 416 g/mol. The quantitative estimate of drug-likeness (QED) is 0.370. The zero-order chi connectivity index (χ0) is 19.8. The number of fused-ring (bicyclic) bond motifs is 1. The molecule has 1 aliphatic heterocycles. The Hall–Kier alpha value is -2.82. The molecule has 0 radical (unpaired) electrons. The molecule has 2 heterocycles. The zero-order valence-corrected chi connectivity index (χ0v) is 17.0. The van der Waals surface area contributed by atoms with Crippen LogP contribution in [0.1, 0.15) is 22.0 Å². The number of nitrogens with zero attached hydrogens (tertiary/aromatic N) is 2. The van der Waals surface area contributed by atoms with Gasteiger partial charge in [-0.1, -0.05) is 96.2 Å². The number of hydrogen-bond acceptors (Lipinski definition) is 3. The molecular weight excluding hydrogens is 400 g/mol. The summed E-state index contributed by atoms with van der Waals surface area (Å²) in [5, 5.41) is 1.46. The standard InChI is InChI=1S/C24H17ClN2OS/c25-19-13-11-16(12-14-19)20-15-21(28)27-23(18-9-5-2-6-10-18)22(26-24(27)29-20)17-7-3-1-4-8-17/h1-14,20H,15H2. The van der Waals surface area contributed by atoms with Crippen molar-refractivity contribution >= 4 is 29.3 Å². The Labute approximate surface area is 178 Å². The van der Waals surface area contributed by atoms with Crippen LogP contribution in [0.3, 0.4) is 0 Å². The van der Waals surface area contributed by atoms with Crippen LogP contribution in [-0.4, -0.2) is 15.5 Å². The summed E-state index contributed by atoms with van der Waals surface area (Å²) in [5.74, 6) is 0.0623. The first-order valence-electron chi connectivity index (χ1n) is 9.39. The molecule has 1 atom stereocenters. The Morgan fingerprint density at radius 3 is 2.14 bits per heavy atom. The molecule has 1 aliphatic rings. The van der Waals surface area contributed by atoms with Gasteiger partial charge in [-0.3, -0.25) is 9.36 Å². The zero-order valence-electron chi connectivity index (χ0n) is 15.5. The fourth-order valence-corrected chi connectivity index (χ4v) is 4.99. The maximum atomic E-state index is 13.3. The van der Waals surface area contributed by atoms with Gasteiger partial charge in [-0.15, -0.1) is 0 Å². The van der Waals surface area contributed by atoms with Crippen LogP contribution in [0.5, 0.6) is 0 Å². The van der Waals surface area contributed by atoms with E-state index in [-0.39, 0.29) is 11.2 Å². The highest BCUT2D eigenvalue weighted by molar-refractivity contribution is 7.99. The summed E-state index contributed by atoms with van der Waals surface area (Å²) < 4.78 is 1.79. The molecule has 142 valence electrons. The summed E-state index contributed by atoms with van der Waals surface area (Å²) in [7, 11) is 0. The van der Waals surface area contributed by atoms with Crippen LogP contribution < -0.4 is 0 Å². The van der Waals surface area contributed by atoms with Crippen LogP contribution in [0.15, 0.2) is 90.1 Å². The van der Waals surface area contributed by atoms with Crippen LogP contribution in [0.4, 0.5) is 0 Å². The van der Waals surface area contributed by atoms with Crippen LogP contribution in [0, 0.1) is 0 Å². The molecule has 5 heteroatoms. The summed E-state index contributed by atoms with van der Waals surface area (Å²) in [4.78, 5) is 18.2. The molecular formula is C24H17ClN2OS. The molecule has 0 saturated heterocycles. The Bertz CT molecular complexity index is 1170. The van der Waals surface area contributed by atoms with Gasteiger partial charge in [0.2, 0.25) is 5.91 Å². The number of carbonyl (C=O) groups is 1. The first kappa shape index (κ1) is 18.2. The van der Waals surface area contributed by atoms with Gasteiger partial charge < -0.3 is 0 Å². The van der Waals surface area contributed by atoms with E-state index in [0.29, 0.717) is 11.4 Å². The number of hydrogen-bond donors (Lipinski definition) is 0. The third-order valence-electron chi connectivity index (χ3n) is 5.04. The van der Waals surface area contributed by atoms with Crippen LogP contribution in [0.2, 0.25) is 5.02 Å². The van der Waals surface area contributed by atoms with E-state index in [4.69, 9.17) is 16.6 Å². The van der Waals surface area contributed by atoms with Crippen LogP contribution in [0.25, 0.3) is 22.5 Å². The van der Waals surface area contributed by atoms with E-state index in [1.807, 2.05) is 84.9 Å². The van der Waals surface area contributed by atoms with E-state index in [2.05, 4.69) is 0 Å². The highest BCUT2D eigenvalue weighted by Gasteiger charge is 2.32. The van der Waals surface area contributed by atoms with Crippen molar-refractivity contribution in [2.45, 2.75) is 16.8 Å². The van der Waals surface area contributed by atoms with Crippen molar-refractivity contribution in [1.82, 2.24) is 9.55 Å². The van der Waals surface area contributed by atoms with Crippen molar-refractivity contribution in [3.8, 4) is 22.5 Å². The maximum absolute atomic E-state index is 13.3. The van der Waals surface area contributed by atoms with Gasteiger partial charge in [-0.25, -0.2) is 4.98 Å². The highest BCUT2D eigenvalue weighted by Crippen LogP contribution is 2.46. The van der Waals surface area contributed by atoms with Crippen LogP contribution >= 0.6 is 23.4 Å². The average molecular weight is 417 g/mol. The fourth-order valence-electron chi connectivity index (χ4n) is 3.65. The summed E-state index contributed by atoms with van der Waals surface area (Å²) in [6, 6.07) is 27.8. The van der Waals surface area contributed by atoms with E-state index in [1.54, 1.807) is 16.3 Å². The highest BCUT2D eigenvalue weighted by atomic mass is 35.5. The second-order valence-electron chi connectivity index (χ2n) is 6.91. The molecule has 0 saturated carbocycles. The van der Waals surface area contributed by atoms with E-state index in [9.17, 15) is 4.79 Å². The number of aromatic nitrogens is 2. The predicted molar refractivity (Wildman–Crippen MR) is 118 cm³/mol. The van der Waals surface area contributed by atoms with Crippen molar-refractivity contribution in [3.63, 3.8) is 0 Å². The van der Waals surface area contributed by atoms with Crippen molar-refractivity contribution in [2.24, 2.45) is 0 Å². The minimum atomic E-state index is 0.0295. The first-order chi connectivity index (χ1) is 14.2. The lowest BCUT2D eigenvalue weighted by Crippen LogP contribution is -2.20. The minimum Gasteiger partial charge on any atom is -0.274 e.